The summed E-state index contributed by atoms with van der Waals surface area (Å²) in [5.41, 5.74) is 1.09. The molecule has 2 aliphatic rings. The molecule has 1 saturated carbocycles. The van der Waals surface area contributed by atoms with E-state index in [-0.39, 0.29) is 12.5 Å². The second-order valence-corrected chi connectivity index (χ2v) is 7.52. The highest BCUT2D eigenvalue weighted by Gasteiger charge is 2.28. The normalized spacial score (nSPS) is 19.8. The van der Waals surface area contributed by atoms with Gasteiger partial charge in [0.05, 0.1) is 6.61 Å². The van der Waals surface area contributed by atoms with Gasteiger partial charge in [0.1, 0.15) is 18.8 Å². The van der Waals surface area contributed by atoms with E-state index in [4.69, 9.17) is 4.74 Å². The van der Waals surface area contributed by atoms with Gasteiger partial charge >= 0.3 is 0 Å². The molecule has 0 spiro atoms. The molecule has 4 rings (SSSR count). The lowest BCUT2D eigenvalue weighted by molar-refractivity contribution is -0.135. The number of benzene rings is 1. The lowest BCUT2D eigenvalue weighted by Gasteiger charge is -2.17. The SMILES string of the molecule is O=C(COCc1ccccc1)N1CCC(Cc2nncn2CC2CC2)C1. The number of carbonyl (C=O) groups is 1. The molecule has 1 aliphatic carbocycles. The Hall–Kier alpha value is -2.21. The van der Waals surface area contributed by atoms with Crippen molar-refractivity contribution in [2.24, 2.45) is 11.8 Å². The van der Waals surface area contributed by atoms with E-state index < -0.39 is 0 Å². The standard InChI is InChI=1S/C20H26N4O2/c25-20(14-26-13-17-4-2-1-3-5-17)23-9-8-18(12-23)10-19-22-21-15-24(19)11-16-6-7-16/h1-5,15-16,18H,6-14H2. The van der Waals surface area contributed by atoms with Crippen LogP contribution in [0.5, 0.6) is 0 Å². The maximum absolute atomic E-state index is 12.4. The highest BCUT2D eigenvalue weighted by molar-refractivity contribution is 5.77. The maximum atomic E-state index is 12.4. The number of likely N-dealkylation sites (tertiary alicyclic amines) is 1. The van der Waals surface area contributed by atoms with E-state index in [9.17, 15) is 4.79 Å². The van der Waals surface area contributed by atoms with Crippen LogP contribution < -0.4 is 0 Å². The summed E-state index contributed by atoms with van der Waals surface area (Å²) < 4.78 is 7.79. The van der Waals surface area contributed by atoms with Gasteiger partial charge in [0, 0.05) is 26.1 Å². The first-order valence-electron chi connectivity index (χ1n) is 9.54. The fourth-order valence-electron chi connectivity index (χ4n) is 3.57. The number of amides is 1. The maximum Gasteiger partial charge on any atom is 0.248 e. The summed E-state index contributed by atoms with van der Waals surface area (Å²) in [7, 11) is 0. The third-order valence-electron chi connectivity index (χ3n) is 5.29. The Kier molecular flexibility index (Phi) is 5.29. The molecule has 2 fully saturated rings. The van der Waals surface area contributed by atoms with Crippen molar-refractivity contribution >= 4 is 5.91 Å². The van der Waals surface area contributed by atoms with Gasteiger partial charge in [-0.15, -0.1) is 10.2 Å². The van der Waals surface area contributed by atoms with Crippen LogP contribution in [0.2, 0.25) is 0 Å². The van der Waals surface area contributed by atoms with E-state index >= 15 is 0 Å². The monoisotopic (exact) mass is 354 g/mol. The van der Waals surface area contributed by atoms with Gasteiger partial charge in [0.2, 0.25) is 5.91 Å². The quantitative estimate of drug-likeness (QED) is 0.730. The van der Waals surface area contributed by atoms with Gasteiger partial charge in [0.15, 0.2) is 0 Å². The van der Waals surface area contributed by atoms with Crippen LogP contribution in [0.3, 0.4) is 0 Å². The van der Waals surface area contributed by atoms with E-state index in [1.165, 1.54) is 12.8 Å². The van der Waals surface area contributed by atoms with Crippen LogP contribution in [0.4, 0.5) is 0 Å². The third kappa shape index (κ3) is 4.49. The first-order chi connectivity index (χ1) is 12.8. The van der Waals surface area contributed by atoms with Crippen LogP contribution in [0, 0.1) is 11.8 Å². The molecule has 1 aromatic heterocycles. The average Bonchev–Trinajstić information content (AvgIpc) is 3.17. The second-order valence-electron chi connectivity index (χ2n) is 7.52. The number of rotatable bonds is 8. The van der Waals surface area contributed by atoms with E-state index in [1.807, 2.05) is 41.6 Å². The number of hydrogen-bond acceptors (Lipinski definition) is 4. The van der Waals surface area contributed by atoms with Gasteiger partial charge in [-0.1, -0.05) is 30.3 Å². The van der Waals surface area contributed by atoms with Gasteiger partial charge in [-0.3, -0.25) is 4.79 Å². The number of hydrogen-bond donors (Lipinski definition) is 0. The number of aromatic nitrogens is 3. The zero-order valence-electron chi connectivity index (χ0n) is 15.1. The molecule has 1 saturated heterocycles. The van der Waals surface area contributed by atoms with E-state index in [0.29, 0.717) is 12.5 Å². The Morgan fingerprint density at radius 1 is 1.15 bits per heavy atom. The predicted molar refractivity (Wildman–Crippen MR) is 97.2 cm³/mol. The van der Waals surface area contributed by atoms with Gasteiger partial charge in [-0.05, 0) is 36.7 Å². The Morgan fingerprint density at radius 2 is 2.00 bits per heavy atom. The molecule has 1 aromatic carbocycles. The molecule has 1 aliphatic heterocycles. The Bertz CT molecular complexity index is 726. The highest BCUT2D eigenvalue weighted by Crippen LogP contribution is 2.31. The largest absolute Gasteiger partial charge is 0.367 e. The van der Waals surface area contributed by atoms with Crippen molar-refractivity contribution in [1.82, 2.24) is 19.7 Å². The molecule has 138 valence electrons. The molecule has 2 aromatic rings. The Labute approximate surface area is 154 Å². The second kappa shape index (κ2) is 7.99. The number of ether oxygens (including phenoxy) is 1. The summed E-state index contributed by atoms with van der Waals surface area (Å²) in [6.07, 6.45) is 6.43. The average molecular weight is 354 g/mol. The summed E-state index contributed by atoms with van der Waals surface area (Å²) >= 11 is 0. The zero-order valence-corrected chi connectivity index (χ0v) is 15.1. The van der Waals surface area contributed by atoms with Crippen molar-refractivity contribution in [3.8, 4) is 0 Å². The molecule has 1 atom stereocenters. The zero-order chi connectivity index (χ0) is 17.8. The van der Waals surface area contributed by atoms with Crippen molar-refractivity contribution in [3.05, 3.63) is 48.0 Å². The minimum atomic E-state index is 0.0860. The van der Waals surface area contributed by atoms with Crippen LogP contribution in [0.15, 0.2) is 36.7 Å². The van der Waals surface area contributed by atoms with E-state index in [1.54, 1.807) is 0 Å². The van der Waals surface area contributed by atoms with E-state index in [2.05, 4.69) is 14.8 Å². The molecule has 1 amide bonds. The van der Waals surface area contributed by atoms with Crippen LogP contribution in [0.25, 0.3) is 0 Å². The molecule has 0 N–H and O–H groups in total. The van der Waals surface area contributed by atoms with Crippen molar-refractivity contribution in [2.75, 3.05) is 19.7 Å². The number of nitrogens with zero attached hydrogens (tertiary/aromatic N) is 4. The molecule has 0 radical (unpaired) electrons. The van der Waals surface area contributed by atoms with Crippen LogP contribution in [-0.4, -0.2) is 45.3 Å². The van der Waals surface area contributed by atoms with Crippen LogP contribution >= 0.6 is 0 Å². The first-order valence-corrected chi connectivity index (χ1v) is 9.54. The molecular formula is C20H26N4O2. The van der Waals surface area contributed by atoms with Gasteiger partial charge in [0.25, 0.3) is 0 Å². The Morgan fingerprint density at radius 3 is 2.81 bits per heavy atom. The molecular weight excluding hydrogens is 328 g/mol. The van der Waals surface area contributed by atoms with E-state index in [0.717, 1.165) is 49.8 Å². The molecule has 6 nitrogen and oxygen atoms in total. The summed E-state index contributed by atoms with van der Waals surface area (Å²) in [5, 5.41) is 8.38. The van der Waals surface area contributed by atoms with Crippen LogP contribution in [0.1, 0.15) is 30.7 Å². The molecule has 0 bridgehead atoms. The van der Waals surface area contributed by atoms with Gasteiger partial charge in [-0.25, -0.2) is 0 Å². The van der Waals surface area contributed by atoms with Gasteiger partial charge in [-0.2, -0.15) is 0 Å². The Balaban J connectivity index is 1.22. The van der Waals surface area contributed by atoms with Crippen molar-refractivity contribution in [2.45, 2.75) is 38.8 Å². The summed E-state index contributed by atoms with van der Waals surface area (Å²) in [5.74, 6) is 2.43. The number of carbonyl (C=O) groups excluding carboxylic acids is 1. The summed E-state index contributed by atoms with van der Waals surface area (Å²) in [6.45, 7) is 3.29. The molecule has 26 heavy (non-hydrogen) atoms. The molecule has 6 heteroatoms. The minimum absolute atomic E-state index is 0.0860. The predicted octanol–water partition coefficient (Wildman–Crippen LogP) is 2.30. The highest BCUT2D eigenvalue weighted by atomic mass is 16.5. The minimum Gasteiger partial charge on any atom is -0.367 e. The summed E-state index contributed by atoms with van der Waals surface area (Å²) in [6, 6.07) is 9.95. The smallest absolute Gasteiger partial charge is 0.248 e. The van der Waals surface area contributed by atoms with Crippen LogP contribution in [-0.2, 0) is 29.1 Å². The van der Waals surface area contributed by atoms with Crippen molar-refractivity contribution in [3.63, 3.8) is 0 Å². The molecule has 1 unspecified atom stereocenters. The third-order valence-corrected chi connectivity index (χ3v) is 5.29. The fourth-order valence-corrected chi connectivity index (χ4v) is 3.57. The molecule has 2 heterocycles. The fraction of sp³-hybridized carbons (Fsp3) is 0.550. The topological polar surface area (TPSA) is 60.2 Å². The lowest BCUT2D eigenvalue weighted by Crippen LogP contribution is -2.32. The first kappa shape index (κ1) is 17.2. The lowest BCUT2D eigenvalue weighted by atomic mass is 10.0. The van der Waals surface area contributed by atoms with Crippen molar-refractivity contribution < 1.29 is 9.53 Å². The van der Waals surface area contributed by atoms with Crippen molar-refractivity contribution in [1.29, 1.82) is 0 Å². The summed E-state index contributed by atoms with van der Waals surface area (Å²) in [4.78, 5) is 14.3. The van der Waals surface area contributed by atoms with Gasteiger partial charge < -0.3 is 14.2 Å².